The van der Waals surface area contributed by atoms with E-state index in [0.717, 1.165) is 77.0 Å². The maximum atomic E-state index is 12.0. The van der Waals surface area contributed by atoms with Gasteiger partial charge in [-0.2, -0.15) is 9.61 Å². The summed E-state index contributed by atoms with van der Waals surface area (Å²) in [6, 6.07) is 8.26. The number of likely N-dealkylation sites (tertiary alicyclic amines) is 1. The fraction of sp³-hybridized carbons (Fsp3) is 0.400. The summed E-state index contributed by atoms with van der Waals surface area (Å²) in [6.45, 7) is 2.45. The van der Waals surface area contributed by atoms with Crippen LogP contribution < -0.4 is 11.1 Å². The van der Waals surface area contributed by atoms with Crippen LogP contribution in [-0.4, -0.2) is 58.8 Å². The molecule has 5 rings (SSSR count). The quantitative estimate of drug-likeness (QED) is 0.508. The van der Waals surface area contributed by atoms with Crippen molar-refractivity contribution >= 4 is 50.6 Å². The zero-order valence-electron chi connectivity index (χ0n) is 19.3. The van der Waals surface area contributed by atoms with E-state index in [1.807, 2.05) is 23.2 Å². The average Bonchev–Trinajstić information content (AvgIpc) is 3.29. The summed E-state index contributed by atoms with van der Waals surface area (Å²) in [5, 5.41) is 8.01. The van der Waals surface area contributed by atoms with Crippen LogP contribution in [0, 0.1) is 5.92 Å². The highest BCUT2D eigenvalue weighted by atomic mass is 79.9. The number of aromatic nitrogens is 3. The fourth-order valence-electron chi connectivity index (χ4n) is 4.85. The van der Waals surface area contributed by atoms with Gasteiger partial charge in [-0.3, -0.25) is 4.79 Å². The van der Waals surface area contributed by atoms with Gasteiger partial charge in [0.05, 0.1) is 16.4 Å². The van der Waals surface area contributed by atoms with Gasteiger partial charge in [0, 0.05) is 38.0 Å². The molecule has 1 fully saturated rings. The predicted octanol–water partition coefficient (Wildman–Crippen LogP) is 3.86. The van der Waals surface area contributed by atoms with E-state index in [4.69, 9.17) is 15.5 Å². The Balaban J connectivity index is 1.34. The van der Waals surface area contributed by atoms with Crippen LogP contribution in [-0.2, 0) is 16.0 Å². The molecule has 0 spiro atoms. The number of methoxy groups -OCH3 is 1. The van der Waals surface area contributed by atoms with Crippen molar-refractivity contribution in [1.82, 2.24) is 19.5 Å². The first-order chi connectivity index (χ1) is 16.5. The molecule has 9 heteroatoms. The molecule has 178 valence electrons. The van der Waals surface area contributed by atoms with Gasteiger partial charge in [0.15, 0.2) is 5.65 Å². The third-order valence-corrected chi connectivity index (χ3v) is 7.69. The number of nitrogen functional groups attached to an aromatic ring is 1. The zero-order valence-corrected chi connectivity index (χ0v) is 20.8. The number of nitrogens with two attached hydrogens (primary N) is 1. The van der Waals surface area contributed by atoms with Crippen molar-refractivity contribution in [1.29, 1.82) is 0 Å². The van der Waals surface area contributed by atoms with Crippen LogP contribution in [0.5, 0.6) is 0 Å². The number of nitrogens with zero attached hydrogens (tertiary/aromatic N) is 4. The molecular weight excluding hydrogens is 496 g/mol. The third kappa shape index (κ3) is 4.42. The van der Waals surface area contributed by atoms with Crippen LogP contribution in [0.3, 0.4) is 0 Å². The van der Waals surface area contributed by atoms with Crippen LogP contribution in [0.4, 0.5) is 11.5 Å². The van der Waals surface area contributed by atoms with E-state index >= 15 is 0 Å². The number of anilines is 2. The molecule has 0 bridgehead atoms. The van der Waals surface area contributed by atoms with Crippen LogP contribution >= 0.6 is 15.9 Å². The van der Waals surface area contributed by atoms with Crippen molar-refractivity contribution in [3.63, 3.8) is 0 Å². The van der Waals surface area contributed by atoms with Gasteiger partial charge in [0.1, 0.15) is 12.4 Å². The van der Waals surface area contributed by atoms with Gasteiger partial charge in [0.2, 0.25) is 5.91 Å². The van der Waals surface area contributed by atoms with Crippen molar-refractivity contribution in [2.75, 3.05) is 44.4 Å². The lowest BCUT2D eigenvalue weighted by atomic mass is 9.91. The molecule has 0 unspecified atom stereocenters. The summed E-state index contributed by atoms with van der Waals surface area (Å²) >= 11 is 3.66. The number of rotatable bonds is 6. The molecule has 1 aromatic carbocycles. The first-order valence-corrected chi connectivity index (χ1v) is 12.5. The number of para-hydroxylation sites is 1. The van der Waals surface area contributed by atoms with Gasteiger partial charge in [-0.25, -0.2) is 4.98 Å². The highest BCUT2D eigenvalue weighted by Crippen LogP contribution is 2.33. The van der Waals surface area contributed by atoms with Gasteiger partial charge >= 0.3 is 0 Å². The van der Waals surface area contributed by atoms with E-state index in [-0.39, 0.29) is 12.5 Å². The first kappa shape index (κ1) is 22.9. The van der Waals surface area contributed by atoms with Crippen molar-refractivity contribution < 1.29 is 9.53 Å². The topological polar surface area (TPSA) is 97.8 Å². The number of carbonyl (C=O) groups excluding carboxylic acids is 1. The summed E-state index contributed by atoms with van der Waals surface area (Å²) in [4.78, 5) is 19.0. The smallest absolute Gasteiger partial charge is 0.248 e. The Bertz CT molecular complexity index is 1250. The normalized spacial score (nSPS) is 16.3. The van der Waals surface area contributed by atoms with Crippen molar-refractivity contribution in [2.24, 2.45) is 5.92 Å². The Morgan fingerprint density at radius 1 is 1.29 bits per heavy atom. The number of ether oxygens (including phenoxy) is 1. The Morgan fingerprint density at radius 2 is 2.09 bits per heavy atom. The van der Waals surface area contributed by atoms with E-state index in [9.17, 15) is 4.79 Å². The molecule has 2 aliphatic rings. The van der Waals surface area contributed by atoms with E-state index < -0.39 is 0 Å². The third-order valence-electron chi connectivity index (χ3n) is 6.82. The number of hydrogen-bond acceptors (Lipinski definition) is 6. The molecule has 0 aliphatic carbocycles. The summed E-state index contributed by atoms with van der Waals surface area (Å²) in [7, 11) is 1.56. The van der Waals surface area contributed by atoms with Crippen LogP contribution in [0.15, 0.2) is 34.9 Å². The predicted molar refractivity (Wildman–Crippen MR) is 137 cm³/mol. The minimum Gasteiger partial charge on any atom is -0.383 e. The SMILES string of the molecule is COCC(=O)N1CCC(CCc2nc3c(C4=Cc5ccccc5NC4)cnn3c(N)c2Br)CC1. The summed E-state index contributed by atoms with van der Waals surface area (Å²) in [5.74, 6) is 1.20. The molecule has 0 saturated carbocycles. The van der Waals surface area contributed by atoms with E-state index in [1.54, 1.807) is 11.6 Å². The molecule has 0 atom stereocenters. The van der Waals surface area contributed by atoms with Crippen molar-refractivity contribution in [3.8, 4) is 0 Å². The number of carbonyl (C=O) groups is 1. The first-order valence-electron chi connectivity index (χ1n) is 11.7. The summed E-state index contributed by atoms with van der Waals surface area (Å²) in [5.41, 5.74) is 12.6. The molecule has 34 heavy (non-hydrogen) atoms. The molecule has 0 radical (unpaired) electrons. The molecule has 1 amide bonds. The molecule has 2 aliphatic heterocycles. The largest absolute Gasteiger partial charge is 0.383 e. The minimum atomic E-state index is 0.0750. The number of aryl methyl sites for hydroxylation is 1. The van der Waals surface area contributed by atoms with Crippen LogP contribution in [0.2, 0.25) is 0 Å². The number of halogens is 1. The second kappa shape index (κ2) is 9.76. The number of amides is 1. The molecule has 3 aromatic rings. The van der Waals surface area contributed by atoms with Gasteiger partial charge in [-0.05, 0) is 70.8 Å². The van der Waals surface area contributed by atoms with Crippen LogP contribution in [0.1, 0.15) is 36.1 Å². The lowest BCUT2D eigenvalue weighted by Crippen LogP contribution is -2.40. The van der Waals surface area contributed by atoms with Crippen molar-refractivity contribution in [3.05, 3.63) is 51.8 Å². The highest BCUT2D eigenvalue weighted by Gasteiger charge is 2.24. The standard InChI is InChI=1S/C25H29BrN6O2/c1-34-15-22(33)31-10-8-16(9-11-31)6-7-21-23(26)24(27)32-25(30-21)19(14-29-32)18-12-17-4-2-3-5-20(17)28-13-18/h2-5,12,14,16,28H,6-11,13,15,27H2,1H3. The lowest BCUT2D eigenvalue weighted by molar-refractivity contribution is -0.136. The summed E-state index contributed by atoms with van der Waals surface area (Å²) < 4.78 is 7.50. The molecule has 3 N–H and O–H groups in total. The monoisotopic (exact) mass is 524 g/mol. The second-order valence-electron chi connectivity index (χ2n) is 8.96. The van der Waals surface area contributed by atoms with Gasteiger partial charge in [-0.15, -0.1) is 0 Å². The zero-order chi connectivity index (χ0) is 23.7. The second-order valence-corrected chi connectivity index (χ2v) is 9.75. The maximum absolute atomic E-state index is 12.0. The van der Waals surface area contributed by atoms with Gasteiger partial charge in [0.25, 0.3) is 0 Å². The fourth-order valence-corrected chi connectivity index (χ4v) is 5.30. The number of nitrogens with one attached hydrogen (secondary N) is 1. The maximum Gasteiger partial charge on any atom is 0.248 e. The summed E-state index contributed by atoms with van der Waals surface area (Å²) in [6.07, 6.45) is 7.88. The Morgan fingerprint density at radius 3 is 2.88 bits per heavy atom. The lowest BCUT2D eigenvalue weighted by Gasteiger charge is -2.32. The molecule has 4 heterocycles. The van der Waals surface area contributed by atoms with Crippen molar-refractivity contribution in [2.45, 2.75) is 25.7 Å². The number of benzene rings is 1. The molecular formula is C25H29BrN6O2. The molecule has 2 aromatic heterocycles. The van der Waals surface area contributed by atoms with E-state index in [0.29, 0.717) is 18.3 Å². The average molecular weight is 525 g/mol. The Hall–Kier alpha value is -2.91. The highest BCUT2D eigenvalue weighted by molar-refractivity contribution is 9.10. The Kier molecular flexibility index (Phi) is 6.56. The molecule has 1 saturated heterocycles. The van der Waals surface area contributed by atoms with E-state index in [2.05, 4.69) is 44.6 Å². The number of piperidine rings is 1. The van der Waals surface area contributed by atoms with Crippen LogP contribution in [0.25, 0.3) is 17.3 Å². The van der Waals surface area contributed by atoms with E-state index in [1.165, 1.54) is 0 Å². The molecule has 8 nitrogen and oxygen atoms in total. The number of hydrogen-bond donors (Lipinski definition) is 2. The number of fused-ring (bicyclic) bond motifs is 2. The van der Waals surface area contributed by atoms with Gasteiger partial charge < -0.3 is 20.7 Å². The Labute approximate surface area is 207 Å². The van der Waals surface area contributed by atoms with Gasteiger partial charge in [-0.1, -0.05) is 18.2 Å². The minimum absolute atomic E-state index is 0.0750.